The molecule has 0 bridgehead atoms. The van der Waals surface area contributed by atoms with Crippen LogP contribution in [0.3, 0.4) is 0 Å². The Kier molecular flexibility index (Phi) is 6.24. The van der Waals surface area contributed by atoms with Crippen molar-refractivity contribution in [3.8, 4) is 0 Å². The quantitative estimate of drug-likeness (QED) is 0.411. The number of amides is 1. The predicted molar refractivity (Wildman–Crippen MR) is 147 cm³/mol. The molecule has 5 aliphatic rings. The van der Waals surface area contributed by atoms with E-state index < -0.39 is 11.5 Å². The van der Waals surface area contributed by atoms with Crippen LogP contribution in [-0.2, 0) is 9.59 Å². The highest BCUT2D eigenvalue weighted by Crippen LogP contribution is 2.75. The number of fused-ring (bicyclic) bond motifs is 7. The van der Waals surface area contributed by atoms with Crippen molar-refractivity contribution in [1.82, 2.24) is 5.32 Å². The summed E-state index contributed by atoms with van der Waals surface area (Å²) in [5.74, 6) is -0.180. The number of carbonyl (C=O) groups is 2. The van der Waals surface area contributed by atoms with Crippen molar-refractivity contribution in [2.24, 2.45) is 33.0 Å². The van der Waals surface area contributed by atoms with Crippen LogP contribution in [0, 0.1) is 33.0 Å². The van der Waals surface area contributed by atoms with Crippen LogP contribution >= 0.6 is 0 Å². The van der Waals surface area contributed by atoms with Gasteiger partial charge in [-0.05, 0) is 91.3 Å². The van der Waals surface area contributed by atoms with Gasteiger partial charge < -0.3 is 20.6 Å². The summed E-state index contributed by atoms with van der Waals surface area (Å²) in [5.41, 5.74) is 3.26. The number of hydrogen-bond acceptors (Lipinski definition) is 5. The lowest BCUT2D eigenvalue weighted by Crippen LogP contribution is -2.63. The third-order valence-corrected chi connectivity index (χ3v) is 12.2. The van der Waals surface area contributed by atoms with Gasteiger partial charge in [-0.1, -0.05) is 52.3 Å². The Balaban J connectivity index is 1.55. The van der Waals surface area contributed by atoms with Gasteiger partial charge >= 0.3 is 0 Å². The molecule has 1 amide bonds. The summed E-state index contributed by atoms with van der Waals surface area (Å²) in [4.78, 5) is 26.2. The molecular formula is C32H45NO5. The first-order valence-corrected chi connectivity index (χ1v) is 14.3. The molecule has 6 atom stereocenters. The lowest BCUT2D eigenvalue weighted by molar-refractivity contribution is -0.169. The van der Waals surface area contributed by atoms with Crippen molar-refractivity contribution in [3.05, 3.63) is 46.3 Å². The zero-order valence-electron chi connectivity index (χ0n) is 23.9. The number of nitrogens with one attached hydrogen (secondary N) is 1. The largest absolute Gasteiger partial charge is 0.504 e. The fourth-order valence-electron chi connectivity index (χ4n) is 9.17. The number of carbonyl (C=O) groups excluding carboxylic acids is 2. The van der Waals surface area contributed by atoms with Gasteiger partial charge in [0.05, 0.1) is 19.3 Å². The first-order valence-electron chi connectivity index (χ1n) is 14.3. The normalized spacial score (nSPS) is 42.3. The molecule has 0 aromatic carbocycles. The molecule has 0 heterocycles. The van der Waals surface area contributed by atoms with E-state index in [1.54, 1.807) is 6.08 Å². The SMILES string of the molecule is CC1=C(O)C(=O)C=C2C1=CC=C1[C@@]2(C)CC[C@@]2(C)[C@@H]3C[C@](C)(C(=O)NC(CO)CO)CC[C@]3(C)CC[C@]12C. The van der Waals surface area contributed by atoms with Gasteiger partial charge in [0.25, 0.3) is 0 Å². The molecule has 0 spiro atoms. The predicted octanol–water partition coefficient (Wildman–Crippen LogP) is 5.08. The van der Waals surface area contributed by atoms with Crippen LogP contribution in [0.25, 0.3) is 0 Å². The lowest BCUT2D eigenvalue weighted by Gasteiger charge is -2.70. The van der Waals surface area contributed by atoms with Gasteiger partial charge in [-0.2, -0.15) is 0 Å². The highest BCUT2D eigenvalue weighted by Gasteiger charge is 2.67. The molecule has 3 saturated carbocycles. The van der Waals surface area contributed by atoms with Crippen LogP contribution in [0.1, 0.15) is 86.5 Å². The number of aliphatic hydroxyl groups excluding tert-OH is 3. The van der Waals surface area contributed by atoms with Crippen molar-refractivity contribution < 1.29 is 24.9 Å². The Labute approximate surface area is 227 Å². The summed E-state index contributed by atoms with van der Waals surface area (Å²) in [6.07, 6.45) is 12.7. The number of hydrogen-bond donors (Lipinski definition) is 4. The first-order chi connectivity index (χ1) is 17.7. The Morgan fingerprint density at radius 2 is 1.66 bits per heavy atom. The fourth-order valence-corrected chi connectivity index (χ4v) is 9.17. The maximum Gasteiger partial charge on any atom is 0.226 e. The van der Waals surface area contributed by atoms with Crippen LogP contribution in [0.15, 0.2) is 46.3 Å². The minimum Gasteiger partial charge on any atom is -0.504 e. The molecule has 6 nitrogen and oxygen atoms in total. The van der Waals surface area contributed by atoms with E-state index in [4.69, 9.17) is 0 Å². The second-order valence-electron chi connectivity index (χ2n) is 14.1. The summed E-state index contributed by atoms with van der Waals surface area (Å²) in [7, 11) is 0. The molecule has 0 aromatic heterocycles. The van der Waals surface area contributed by atoms with Gasteiger partial charge in [-0.25, -0.2) is 0 Å². The van der Waals surface area contributed by atoms with Crippen LogP contribution in [0.2, 0.25) is 0 Å². The summed E-state index contributed by atoms with van der Waals surface area (Å²) in [5, 5.41) is 32.3. The number of allylic oxidation sites excluding steroid dienone is 7. The van der Waals surface area contributed by atoms with Crippen LogP contribution < -0.4 is 5.32 Å². The molecular weight excluding hydrogens is 478 g/mol. The molecule has 0 unspecified atom stereocenters. The molecule has 3 fully saturated rings. The molecule has 38 heavy (non-hydrogen) atoms. The lowest BCUT2D eigenvalue weighted by atomic mass is 9.34. The molecule has 4 N–H and O–H groups in total. The van der Waals surface area contributed by atoms with E-state index in [0.717, 1.165) is 56.1 Å². The zero-order valence-corrected chi connectivity index (χ0v) is 23.9. The smallest absolute Gasteiger partial charge is 0.226 e. The highest BCUT2D eigenvalue weighted by atomic mass is 16.3. The molecule has 5 rings (SSSR count). The van der Waals surface area contributed by atoms with E-state index in [-0.39, 0.29) is 52.3 Å². The first kappa shape index (κ1) is 27.4. The Hall–Kier alpha value is -2.18. The second kappa shape index (κ2) is 8.66. The Morgan fingerprint density at radius 3 is 2.32 bits per heavy atom. The summed E-state index contributed by atoms with van der Waals surface area (Å²) in [6, 6.07) is -0.632. The zero-order chi connectivity index (χ0) is 27.9. The van der Waals surface area contributed by atoms with Crippen molar-refractivity contribution >= 4 is 11.7 Å². The van der Waals surface area contributed by atoms with Crippen LogP contribution in [0.4, 0.5) is 0 Å². The molecule has 0 saturated heterocycles. The third-order valence-electron chi connectivity index (χ3n) is 12.2. The highest BCUT2D eigenvalue weighted by molar-refractivity contribution is 6.06. The van der Waals surface area contributed by atoms with Gasteiger partial charge in [-0.3, -0.25) is 9.59 Å². The van der Waals surface area contributed by atoms with Gasteiger partial charge in [0.15, 0.2) is 5.76 Å². The van der Waals surface area contributed by atoms with Crippen molar-refractivity contribution in [2.75, 3.05) is 13.2 Å². The molecule has 208 valence electrons. The van der Waals surface area contributed by atoms with E-state index in [1.165, 1.54) is 5.57 Å². The Bertz CT molecular complexity index is 1210. The van der Waals surface area contributed by atoms with Crippen molar-refractivity contribution in [2.45, 2.75) is 92.5 Å². The maximum absolute atomic E-state index is 13.5. The third kappa shape index (κ3) is 3.51. The second-order valence-corrected chi connectivity index (χ2v) is 14.1. The molecule has 0 aromatic rings. The number of ketones is 1. The minimum atomic E-state index is -0.632. The number of aliphatic hydroxyl groups is 3. The van der Waals surface area contributed by atoms with Gasteiger partial charge in [0.1, 0.15) is 0 Å². The van der Waals surface area contributed by atoms with E-state index in [2.05, 4.69) is 52.1 Å². The van der Waals surface area contributed by atoms with E-state index in [9.17, 15) is 24.9 Å². The van der Waals surface area contributed by atoms with E-state index >= 15 is 0 Å². The average molecular weight is 524 g/mol. The van der Waals surface area contributed by atoms with Crippen molar-refractivity contribution in [3.63, 3.8) is 0 Å². The van der Waals surface area contributed by atoms with Crippen molar-refractivity contribution in [1.29, 1.82) is 0 Å². The molecule has 0 aliphatic heterocycles. The van der Waals surface area contributed by atoms with E-state index in [1.807, 2.05) is 6.92 Å². The van der Waals surface area contributed by atoms with Crippen LogP contribution in [-0.4, -0.2) is 46.3 Å². The van der Waals surface area contributed by atoms with Gasteiger partial charge in [0, 0.05) is 16.4 Å². The summed E-state index contributed by atoms with van der Waals surface area (Å²) in [6.45, 7) is 12.9. The summed E-state index contributed by atoms with van der Waals surface area (Å²) < 4.78 is 0. The standard InChI is InChI=1S/C32H45NO5/c1-19-21-7-8-24-30(4,22(21)15-23(36)26(19)37)12-14-32(6)25-16-29(3,27(38)33-20(17-34)18-35)10-9-28(25,2)11-13-31(24,32)5/h7-8,15,20,25,34-35,37H,9-14,16-18H2,1-6H3,(H,33,38)/t25-,28-,29-,30+,31-,32+/m1/s1. The monoisotopic (exact) mass is 523 g/mol. The Morgan fingerprint density at radius 1 is 1.00 bits per heavy atom. The fraction of sp³-hybridized carbons (Fsp3) is 0.688. The minimum absolute atomic E-state index is 0.0295. The van der Waals surface area contributed by atoms with E-state index in [0.29, 0.717) is 11.5 Å². The molecule has 6 heteroatoms. The molecule has 0 radical (unpaired) electrons. The molecule has 5 aliphatic carbocycles. The van der Waals surface area contributed by atoms with Gasteiger partial charge in [-0.15, -0.1) is 0 Å². The summed E-state index contributed by atoms with van der Waals surface area (Å²) >= 11 is 0. The number of rotatable bonds is 4. The van der Waals surface area contributed by atoms with Gasteiger partial charge in [0.2, 0.25) is 11.7 Å². The maximum atomic E-state index is 13.5. The van der Waals surface area contributed by atoms with Crippen LogP contribution in [0.5, 0.6) is 0 Å². The topological polar surface area (TPSA) is 107 Å². The average Bonchev–Trinajstić information content (AvgIpc) is 2.88.